The number of nitrogens with one attached hydrogen (secondary N) is 1. The van der Waals surface area contributed by atoms with E-state index >= 15 is 4.39 Å². The number of hydrogen-bond acceptors (Lipinski definition) is 11. The molecule has 0 spiro atoms. The minimum atomic E-state index is -4.27. The van der Waals surface area contributed by atoms with Crippen LogP contribution in [0, 0.1) is 6.92 Å². The van der Waals surface area contributed by atoms with E-state index in [-0.39, 0.29) is 5.75 Å². The summed E-state index contributed by atoms with van der Waals surface area (Å²) >= 11 is 0. The molecule has 1 aliphatic heterocycles. The topological polar surface area (TPSA) is 150 Å². The number of ether oxygens (including phenoxy) is 2. The van der Waals surface area contributed by atoms with Gasteiger partial charge in [0.15, 0.2) is 28.9 Å². The average molecular weight is 621 g/mol. The predicted molar refractivity (Wildman–Crippen MR) is 155 cm³/mol. The molecular weight excluding hydrogens is 582 g/mol. The Morgan fingerprint density at radius 3 is 2.63 bits per heavy atom. The van der Waals surface area contributed by atoms with Gasteiger partial charge in [0.05, 0.1) is 19.0 Å². The molecule has 5 rings (SSSR count). The maximum atomic E-state index is 16.2. The molecule has 2 aromatic heterocycles. The van der Waals surface area contributed by atoms with Gasteiger partial charge >= 0.3 is 13.7 Å². The minimum absolute atomic E-state index is 0.204. The molecular formula is C28H38FN6O7P. The lowest BCUT2D eigenvalue weighted by atomic mass is 9.98. The number of halogens is 1. The Kier molecular flexibility index (Phi) is 8.79. The third-order valence-corrected chi connectivity index (χ3v) is 8.99. The number of carbonyl (C=O) groups excluding carboxylic acids is 1. The zero-order valence-corrected chi connectivity index (χ0v) is 25.9. The van der Waals surface area contributed by atoms with Crippen LogP contribution in [0.25, 0.3) is 11.2 Å². The van der Waals surface area contributed by atoms with Crippen molar-refractivity contribution in [1.29, 1.82) is 0 Å². The van der Waals surface area contributed by atoms with Gasteiger partial charge in [-0.25, -0.2) is 23.9 Å². The van der Waals surface area contributed by atoms with Crippen LogP contribution in [-0.2, 0) is 23.4 Å². The molecule has 43 heavy (non-hydrogen) atoms. The van der Waals surface area contributed by atoms with Crippen molar-refractivity contribution < 1.29 is 37.4 Å². The molecule has 6 atom stereocenters. The number of alkyl halides is 1. The lowest BCUT2D eigenvalue weighted by molar-refractivity contribution is -0.149. The van der Waals surface area contributed by atoms with Gasteiger partial charge in [-0.05, 0) is 59.6 Å². The number of esters is 1. The lowest BCUT2D eigenvalue weighted by Crippen LogP contribution is -2.41. The molecule has 2 N–H and O–H groups in total. The van der Waals surface area contributed by atoms with Crippen molar-refractivity contribution in [3.63, 3.8) is 0 Å². The third-order valence-electron chi connectivity index (χ3n) is 7.35. The van der Waals surface area contributed by atoms with Gasteiger partial charge in [0.2, 0.25) is 0 Å². The van der Waals surface area contributed by atoms with Gasteiger partial charge in [0, 0.05) is 13.1 Å². The van der Waals surface area contributed by atoms with Crippen molar-refractivity contribution in [2.45, 2.75) is 89.8 Å². The molecule has 2 aliphatic rings. The van der Waals surface area contributed by atoms with E-state index in [9.17, 15) is 14.5 Å². The van der Waals surface area contributed by atoms with E-state index in [0.29, 0.717) is 28.8 Å². The van der Waals surface area contributed by atoms with Crippen molar-refractivity contribution >= 4 is 30.7 Å². The molecule has 0 amide bonds. The first-order valence-electron chi connectivity index (χ1n) is 14.2. The molecule has 234 valence electrons. The molecule has 1 saturated heterocycles. The standard InChI is InChI=1S/C28H38FN6O7P/c1-16(2)40-26(37)17(3)33-43(38,42-20-10-8-7-9-11-20)39-14-21-23(36)28(5,29)27(41-21)35-15-30-22-24(34(6)19-12-13-19)31-18(4)32-25(22)35/h7-11,15-17,19,21,23,27,36H,12-14H2,1-6H3,(H,33,38)/t17-,21+,23+,27+,28+,43+/m0/s1. The molecule has 2 fully saturated rings. The monoisotopic (exact) mass is 620 g/mol. The van der Waals surface area contributed by atoms with Crippen LogP contribution in [0.5, 0.6) is 5.75 Å². The van der Waals surface area contributed by atoms with Gasteiger partial charge in [-0.1, -0.05) is 18.2 Å². The number of imidazole rings is 1. The summed E-state index contributed by atoms with van der Waals surface area (Å²) in [6.45, 7) is 7.25. The van der Waals surface area contributed by atoms with Gasteiger partial charge in [-0.15, -0.1) is 0 Å². The second kappa shape index (κ2) is 12.1. The summed E-state index contributed by atoms with van der Waals surface area (Å²) in [7, 11) is -2.33. The highest BCUT2D eigenvalue weighted by Gasteiger charge is 2.56. The highest BCUT2D eigenvalue weighted by molar-refractivity contribution is 7.52. The molecule has 1 aliphatic carbocycles. The van der Waals surface area contributed by atoms with Crippen molar-refractivity contribution in [2.75, 3.05) is 18.6 Å². The minimum Gasteiger partial charge on any atom is -0.462 e. The summed E-state index contributed by atoms with van der Waals surface area (Å²) in [6, 6.07) is 7.51. The zero-order chi connectivity index (χ0) is 31.1. The second-order valence-corrected chi connectivity index (χ2v) is 13.1. The predicted octanol–water partition coefficient (Wildman–Crippen LogP) is 3.85. The van der Waals surface area contributed by atoms with Gasteiger partial charge in [-0.2, -0.15) is 5.09 Å². The number of nitrogens with zero attached hydrogens (tertiary/aromatic N) is 5. The van der Waals surface area contributed by atoms with Crippen LogP contribution in [0.2, 0.25) is 0 Å². The first-order valence-corrected chi connectivity index (χ1v) is 15.8. The highest BCUT2D eigenvalue weighted by Crippen LogP contribution is 2.48. The Hall–Kier alpha value is -3.16. The molecule has 13 nitrogen and oxygen atoms in total. The molecule has 15 heteroatoms. The van der Waals surface area contributed by atoms with Gasteiger partial charge in [0.25, 0.3) is 0 Å². The summed E-state index contributed by atoms with van der Waals surface area (Å²) in [4.78, 5) is 28.0. The second-order valence-electron chi connectivity index (χ2n) is 11.4. The largest absolute Gasteiger partial charge is 0.462 e. The van der Waals surface area contributed by atoms with E-state index in [4.69, 9.17) is 18.5 Å². The average Bonchev–Trinajstić information content (AvgIpc) is 3.67. The van der Waals surface area contributed by atoms with Crippen molar-refractivity contribution in [2.24, 2.45) is 0 Å². The Labute approximate surface area is 249 Å². The fourth-order valence-corrected chi connectivity index (χ4v) is 6.42. The molecule has 3 heterocycles. The fourth-order valence-electron chi connectivity index (χ4n) is 4.92. The van der Waals surface area contributed by atoms with Crippen LogP contribution in [0.4, 0.5) is 10.2 Å². The number of carbonyl (C=O) groups is 1. The number of aliphatic hydroxyl groups excluding tert-OH is 1. The summed E-state index contributed by atoms with van der Waals surface area (Å²) in [5, 5.41) is 13.6. The van der Waals surface area contributed by atoms with E-state index in [1.807, 2.05) is 11.9 Å². The Bertz CT molecular complexity index is 1500. The Morgan fingerprint density at radius 2 is 1.98 bits per heavy atom. The summed E-state index contributed by atoms with van der Waals surface area (Å²) in [6.07, 6.45) is -1.16. The molecule has 0 radical (unpaired) electrons. The molecule has 1 saturated carbocycles. The van der Waals surface area contributed by atoms with Crippen LogP contribution < -0.4 is 14.5 Å². The van der Waals surface area contributed by atoms with Crippen LogP contribution in [-0.4, -0.2) is 80.3 Å². The number of aliphatic hydroxyl groups is 1. The number of benzene rings is 1. The van der Waals surface area contributed by atoms with E-state index in [1.165, 1.54) is 24.7 Å². The van der Waals surface area contributed by atoms with Crippen LogP contribution >= 0.6 is 7.75 Å². The fraction of sp³-hybridized carbons (Fsp3) is 0.571. The number of fused-ring (bicyclic) bond motifs is 1. The smallest absolute Gasteiger partial charge is 0.459 e. The Balaban J connectivity index is 1.37. The van der Waals surface area contributed by atoms with Crippen LogP contribution in [0.3, 0.4) is 0 Å². The number of para-hydroxylation sites is 1. The third kappa shape index (κ3) is 6.68. The van der Waals surface area contributed by atoms with Crippen molar-refractivity contribution in [3.05, 3.63) is 42.5 Å². The molecule has 1 aromatic carbocycles. The maximum Gasteiger partial charge on any atom is 0.459 e. The van der Waals surface area contributed by atoms with Crippen molar-refractivity contribution in [1.82, 2.24) is 24.6 Å². The van der Waals surface area contributed by atoms with E-state index in [2.05, 4.69) is 20.0 Å². The lowest BCUT2D eigenvalue weighted by Gasteiger charge is -2.25. The van der Waals surface area contributed by atoms with Gasteiger partial charge in [0.1, 0.15) is 29.8 Å². The van der Waals surface area contributed by atoms with Crippen LogP contribution in [0.1, 0.15) is 52.6 Å². The number of rotatable bonds is 12. The summed E-state index contributed by atoms with van der Waals surface area (Å²) < 4.78 is 54.0. The normalized spacial score (nSPS) is 25.9. The van der Waals surface area contributed by atoms with Crippen molar-refractivity contribution in [3.8, 4) is 5.75 Å². The SMILES string of the molecule is Cc1nc(N(C)C2CC2)c2ncn([C@@H]3O[C@H](CO[P@](=O)(N[C@@H](C)C(=O)OC(C)C)Oc4ccccc4)[C@@H](O)[C@@]3(C)F)c2n1. The number of aromatic nitrogens is 4. The molecule has 0 unspecified atom stereocenters. The van der Waals surface area contributed by atoms with Gasteiger partial charge < -0.3 is 24.0 Å². The first-order chi connectivity index (χ1) is 20.3. The van der Waals surface area contributed by atoms with E-state index in [1.54, 1.807) is 51.1 Å². The maximum absolute atomic E-state index is 16.2. The van der Waals surface area contributed by atoms with Crippen LogP contribution in [0.15, 0.2) is 36.7 Å². The van der Waals surface area contributed by atoms with E-state index < -0.39 is 56.6 Å². The van der Waals surface area contributed by atoms with Gasteiger partial charge in [-0.3, -0.25) is 13.9 Å². The Morgan fingerprint density at radius 1 is 1.28 bits per heavy atom. The zero-order valence-electron chi connectivity index (χ0n) is 25.0. The molecule has 0 bridgehead atoms. The summed E-state index contributed by atoms with van der Waals surface area (Å²) in [5.74, 6) is 0.652. The van der Waals surface area contributed by atoms with E-state index in [0.717, 1.165) is 12.8 Å². The number of hydrogen-bond donors (Lipinski definition) is 2. The highest BCUT2D eigenvalue weighted by atomic mass is 31.2. The first kappa shape index (κ1) is 31.3. The number of aryl methyl sites for hydroxylation is 1. The number of anilines is 1. The summed E-state index contributed by atoms with van der Waals surface area (Å²) in [5.41, 5.74) is -1.47. The quantitative estimate of drug-likeness (QED) is 0.224. The molecule has 3 aromatic rings.